The topological polar surface area (TPSA) is 12.9 Å². The van der Waals surface area contributed by atoms with Gasteiger partial charge in [-0.05, 0) is 17.0 Å². The Balaban J connectivity index is 2.45. The molecule has 0 amide bonds. The normalized spacial score (nSPS) is 11.4. The van der Waals surface area contributed by atoms with Crippen LogP contribution in [0.3, 0.4) is 0 Å². The largest absolute Gasteiger partial charge is 0.249 e. The molecule has 17 heavy (non-hydrogen) atoms. The standard InChI is InChI=1S/C15H19NS/c1-10(2)12-7-5-6-8-13(12)14-9-16-15(17-14)11(3)4/h5-11H,1-4H3. The molecule has 0 fully saturated rings. The zero-order chi connectivity index (χ0) is 12.4. The lowest BCUT2D eigenvalue weighted by atomic mass is 9.97. The summed E-state index contributed by atoms with van der Waals surface area (Å²) in [7, 11) is 0. The average Bonchev–Trinajstić information content (AvgIpc) is 2.78. The van der Waals surface area contributed by atoms with E-state index in [1.807, 2.05) is 17.5 Å². The van der Waals surface area contributed by atoms with Crippen molar-refractivity contribution in [3.05, 3.63) is 41.0 Å². The van der Waals surface area contributed by atoms with Crippen LogP contribution in [0.5, 0.6) is 0 Å². The van der Waals surface area contributed by atoms with Gasteiger partial charge >= 0.3 is 0 Å². The van der Waals surface area contributed by atoms with Crippen LogP contribution in [0.1, 0.15) is 50.1 Å². The molecule has 2 heteroatoms. The predicted octanol–water partition coefficient (Wildman–Crippen LogP) is 5.06. The second-order valence-corrected chi connectivity index (χ2v) is 6.02. The van der Waals surface area contributed by atoms with Crippen LogP contribution in [-0.2, 0) is 0 Å². The van der Waals surface area contributed by atoms with Crippen molar-refractivity contribution in [3.63, 3.8) is 0 Å². The summed E-state index contributed by atoms with van der Waals surface area (Å²) in [6, 6.07) is 8.64. The second kappa shape index (κ2) is 5.01. The van der Waals surface area contributed by atoms with Crippen LogP contribution in [-0.4, -0.2) is 4.98 Å². The van der Waals surface area contributed by atoms with Gasteiger partial charge in [0.15, 0.2) is 0 Å². The van der Waals surface area contributed by atoms with E-state index in [4.69, 9.17) is 0 Å². The molecule has 1 heterocycles. The van der Waals surface area contributed by atoms with E-state index in [-0.39, 0.29) is 0 Å². The van der Waals surface area contributed by atoms with E-state index in [9.17, 15) is 0 Å². The molecular formula is C15H19NS. The summed E-state index contributed by atoms with van der Waals surface area (Å²) in [6.45, 7) is 8.86. The summed E-state index contributed by atoms with van der Waals surface area (Å²) in [5.74, 6) is 1.07. The highest BCUT2D eigenvalue weighted by atomic mass is 32.1. The van der Waals surface area contributed by atoms with Gasteiger partial charge in [-0.25, -0.2) is 4.98 Å². The molecule has 0 aliphatic carbocycles. The summed E-state index contributed by atoms with van der Waals surface area (Å²) in [5, 5.41) is 1.22. The SMILES string of the molecule is CC(C)c1ncc(-c2ccccc2C(C)C)s1. The summed E-state index contributed by atoms with van der Waals surface area (Å²) in [6.07, 6.45) is 2.02. The van der Waals surface area contributed by atoms with Gasteiger partial charge in [0.1, 0.15) is 0 Å². The summed E-state index contributed by atoms with van der Waals surface area (Å²) in [4.78, 5) is 5.80. The lowest BCUT2D eigenvalue weighted by molar-refractivity contribution is 0.852. The lowest BCUT2D eigenvalue weighted by Crippen LogP contribution is -1.90. The molecule has 90 valence electrons. The maximum absolute atomic E-state index is 4.51. The van der Waals surface area contributed by atoms with Gasteiger partial charge in [0.2, 0.25) is 0 Å². The summed E-state index contributed by atoms with van der Waals surface area (Å²) >= 11 is 1.81. The van der Waals surface area contributed by atoms with Gasteiger partial charge in [0, 0.05) is 12.1 Å². The Hall–Kier alpha value is -1.15. The van der Waals surface area contributed by atoms with Crippen molar-refractivity contribution >= 4 is 11.3 Å². The Morgan fingerprint density at radius 3 is 2.29 bits per heavy atom. The minimum Gasteiger partial charge on any atom is -0.249 e. The Morgan fingerprint density at radius 2 is 1.71 bits per heavy atom. The monoisotopic (exact) mass is 245 g/mol. The fraction of sp³-hybridized carbons (Fsp3) is 0.400. The zero-order valence-corrected chi connectivity index (χ0v) is 11.7. The number of rotatable bonds is 3. The highest BCUT2D eigenvalue weighted by molar-refractivity contribution is 7.15. The van der Waals surface area contributed by atoms with Gasteiger partial charge in [-0.2, -0.15) is 0 Å². The molecule has 0 saturated heterocycles. The molecule has 0 atom stereocenters. The van der Waals surface area contributed by atoms with E-state index >= 15 is 0 Å². The summed E-state index contributed by atoms with van der Waals surface area (Å²) < 4.78 is 0. The molecule has 1 aromatic carbocycles. The highest BCUT2D eigenvalue weighted by Gasteiger charge is 2.12. The minimum atomic E-state index is 0.514. The predicted molar refractivity (Wildman–Crippen MR) is 75.7 cm³/mol. The Morgan fingerprint density at radius 1 is 1.00 bits per heavy atom. The molecule has 0 bridgehead atoms. The third-order valence-corrected chi connectivity index (χ3v) is 4.20. The Labute approximate surface area is 108 Å². The van der Waals surface area contributed by atoms with Crippen LogP contribution in [0.15, 0.2) is 30.5 Å². The molecule has 2 aromatic rings. The van der Waals surface area contributed by atoms with Crippen LogP contribution >= 0.6 is 11.3 Å². The van der Waals surface area contributed by atoms with Crippen LogP contribution in [0.4, 0.5) is 0 Å². The van der Waals surface area contributed by atoms with Crippen molar-refractivity contribution < 1.29 is 0 Å². The second-order valence-electron chi connectivity index (χ2n) is 4.96. The molecule has 1 nitrogen and oxygen atoms in total. The molecule has 2 rings (SSSR count). The van der Waals surface area contributed by atoms with Crippen LogP contribution < -0.4 is 0 Å². The van der Waals surface area contributed by atoms with E-state index < -0.39 is 0 Å². The Bertz CT molecular complexity index is 497. The quantitative estimate of drug-likeness (QED) is 0.736. The first kappa shape index (κ1) is 12.3. The first-order valence-corrected chi connectivity index (χ1v) is 6.96. The molecule has 0 spiro atoms. The number of hydrogen-bond donors (Lipinski definition) is 0. The fourth-order valence-corrected chi connectivity index (χ4v) is 2.87. The smallest absolute Gasteiger partial charge is 0.0956 e. The van der Waals surface area contributed by atoms with E-state index in [1.54, 1.807) is 0 Å². The number of hydrogen-bond acceptors (Lipinski definition) is 2. The van der Waals surface area contributed by atoms with Gasteiger partial charge in [0.05, 0.1) is 9.88 Å². The lowest BCUT2D eigenvalue weighted by Gasteiger charge is -2.10. The van der Waals surface area contributed by atoms with E-state index in [0.29, 0.717) is 11.8 Å². The zero-order valence-electron chi connectivity index (χ0n) is 10.9. The maximum atomic E-state index is 4.51. The number of nitrogens with zero attached hydrogens (tertiary/aromatic N) is 1. The van der Waals surface area contributed by atoms with Crippen LogP contribution in [0, 0.1) is 0 Å². The summed E-state index contributed by atoms with van der Waals surface area (Å²) in [5.41, 5.74) is 2.75. The van der Waals surface area contributed by atoms with Crippen molar-refractivity contribution in [3.8, 4) is 10.4 Å². The van der Waals surface area contributed by atoms with Crippen LogP contribution in [0.25, 0.3) is 10.4 Å². The van der Waals surface area contributed by atoms with Crippen molar-refractivity contribution in [1.82, 2.24) is 4.98 Å². The van der Waals surface area contributed by atoms with Gasteiger partial charge in [0.25, 0.3) is 0 Å². The van der Waals surface area contributed by atoms with Crippen LogP contribution in [0.2, 0.25) is 0 Å². The number of thiazole rings is 1. The van der Waals surface area contributed by atoms with E-state index in [2.05, 4.69) is 56.9 Å². The number of benzene rings is 1. The fourth-order valence-electron chi connectivity index (χ4n) is 1.90. The Kier molecular flexibility index (Phi) is 3.63. The maximum Gasteiger partial charge on any atom is 0.0956 e. The first-order valence-electron chi connectivity index (χ1n) is 6.14. The first-order chi connectivity index (χ1) is 8.09. The molecule has 0 aliphatic rings. The number of aromatic nitrogens is 1. The average molecular weight is 245 g/mol. The molecule has 0 N–H and O–H groups in total. The highest BCUT2D eigenvalue weighted by Crippen LogP contribution is 2.34. The molecule has 1 aromatic heterocycles. The van der Waals surface area contributed by atoms with Crippen molar-refractivity contribution in [1.29, 1.82) is 0 Å². The third kappa shape index (κ3) is 2.58. The van der Waals surface area contributed by atoms with Crippen molar-refractivity contribution in [2.75, 3.05) is 0 Å². The molecule has 0 radical (unpaired) electrons. The minimum absolute atomic E-state index is 0.514. The molecule has 0 saturated carbocycles. The third-order valence-electron chi connectivity index (χ3n) is 2.87. The van der Waals surface area contributed by atoms with Gasteiger partial charge in [-0.1, -0.05) is 52.0 Å². The van der Waals surface area contributed by atoms with Gasteiger partial charge in [-0.3, -0.25) is 0 Å². The molecule has 0 unspecified atom stereocenters. The van der Waals surface area contributed by atoms with Crippen molar-refractivity contribution in [2.24, 2.45) is 0 Å². The molecule has 0 aliphatic heterocycles. The van der Waals surface area contributed by atoms with Crippen molar-refractivity contribution in [2.45, 2.75) is 39.5 Å². The van der Waals surface area contributed by atoms with E-state index in [1.165, 1.54) is 21.0 Å². The van der Waals surface area contributed by atoms with Gasteiger partial charge < -0.3 is 0 Å². The van der Waals surface area contributed by atoms with Gasteiger partial charge in [-0.15, -0.1) is 11.3 Å². The molecular weight excluding hydrogens is 226 g/mol. The van der Waals surface area contributed by atoms with E-state index in [0.717, 1.165) is 0 Å².